The summed E-state index contributed by atoms with van der Waals surface area (Å²) in [6.07, 6.45) is 2.00. The fourth-order valence-electron chi connectivity index (χ4n) is 2.04. The van der Waals surface area contributed by atoms with E-state index < -0.39 is 0 Å². The van der Waals surface area contributed by atoms with Gasteiger partial charge in [0.05, 0.1) is 17.6 Å². The van der Waals surface area contributed by atoms with Crippen molar-refractivity contribution in [3.05, 3.63) is 28.2 Å². The number of hydrogen-bond donors (Lipinski definition) is 2. The van der Waals surface area contributed by atoms with E-state index in [1.165, 1.54) is 0 Å². The van der Waals surface area contributed by atoms with Crippen LogP contribution in [-0.2, 0) is 11.3 Å². The molecule has 1 fully saturated rings. The van der Waals surface area contributed by atoms with Crippen LogP contribution in [0.4, 0.5) is 0 Å². The molecule has 106 valence electrons. The van der Waals surface area contributed by atoms with E-state index in [9.17, 15) is 4.79 Å². The van der Waals surface area contributed by atoms with E-state index in [1.54, 1.807) is 7.11 Å². The fraction of sp³-hybridized carbons (Fsp3) is 0.462. The van der Waals surface area contributed by atoms with Gasteiger partial charge in [-0.05, 0) is 53.0 Å². The number of carbonyl (C=O) groups is 1. The standard InChI is InChI=1S/C13H17BrN2O2.ClH/c1-18-12-5-4-9(7-10(12)14)8-16-13(17)11-3-2-6-15-11;/h4-5,7,11,15H,2-3,6,8H2,1H3,(H,16,17);1H. The van der Waals surface area contributed by atoms with Gasteiger partial charge in [0.25, 0.3) is 0 Å². The summed E-state index contributed by atoms with van der Waals surface area (Å²) >= 11 is 3.43. The number of carbonyl (C=O) groups excluding carboxylic acids is 1. The highest BCUT2D eigenvalue weighted by molar-refractivity contribution is 9.10. The van der Waals surface area contributed by atoms with Gasteiger partial charge in [0.15, 0.2) is 0 Å². The number of rotatable bonds is 4. The zero-order valence-corrected chi connectivity index (χ0v) is 13.1. The Balaban J connectivity index is 0.00000180. The minimum atomic E-state index is -0.0216. The van der Waals surface area contributed by atoms with E-state index in [4.69, 9.17) is 4.74 Å². The van der Waals surface area contributed by atoms with Gasteiger partial charge < -0.3 is 15.4 Å². The molecular weight excluding hydrogens is 332 g/mol. The van der Waals surface area contributed by atoms with Crippen molar-refractivity contribution in [3.63, 3.8) is 0 Å². The van der Waals surface area contributed by atoms with Crippen LogP contribution < -0.4 is 15.4 Å². The second kappa shape index (κ2) is 7.72. The van der Waals surface area contributed by atoms with Crippen LogP contribution in [0.25, 0.3) is 0 Å². The van der Waals surface area contributed by atoms with Gasteiger partial charge in [0.2, 0.25) is 5.91 Å². The molecule has 0 bridgehead atoms. The summed E-state index contributed by atoms with van der Waals surface area (Å²) in [6.45, 7) is 1.48. The first-order chi connectivity index (χ1) is 8.70. The van der Waals surface area contributed by atoms with Crippen molar-refractivity contribution in [2.45, 2.75) is 25.4 Å². The van der Waals surface area contributed by atoms with E-state index >= 15 is 0 Å². The highest BCUT2D eigenvalue weighted by atomic mass is 79.9. The van der Waals surface area contributed by atoms with E-state index in [2.05, 4.69) is 26.6 Å². The van der Waals surface area contributed by atoms with Gasteiger partial charge in [-0.3, -0.25) is 4.79 Å². The van der Waals surface area contributed by atoms with E-state index in [0.29, 0.717) is 6.54 Å². The van der Waals surface area contributed by atoms with Crippen LogP contribution in [0.1, 0.15) is 18.4 Å². The Labute approximate surface area is 127 Å². The molecule has 19 heavy (non-hydrogen) atoms. The summed E-state index contributed by atoms with van der Waals surface area (Å²) in [7, 11) is 1.63. The quantitative estimate of drug-likeness (QED) is 0.876. The second-order valence-corrected chi connectivity index (χ2v) is 5.19. The zero-order chi connectivity index (χ0) is 13.0. The Kier molecular flexibility index (Phi) is 6.62. The molecule has 1 aliphatic heterocycles. The maximum absolute atomic E-state index is 11.8. The SMILES string of the molecule is COc1ccc(CNC(=O)C2CCCN2)cc1Br.Cl. The molecule has 0 saturated carbocycles. The molecule has 1 amide bonds. The number of nitrogens with one attached hydrogen (secondary N) is 2. The predicted octanol–water partition coefficient (Wildman–Crippen LogP) is 2.25. The van der Waals surface area contributed by atoms with Crippen LogP contribution in [0.5, 0.6) is 5.75 Å². The van der Waals surface area contributed by atoms with Crippen molar-refractivity contribution in [3.8, 4) is 5.75 Å². The van der Waals surface area contributed by atoms with Crippen LogP contribution in [0.3, 0.4) is 0 Å². The average Bonchev–Trinajstić information content (AvgIpc) is 2.90. The van der Waals surface area contributed by atoms with Crippen molar-refractivity contribution in [1.29, 1.82) is 0 Å². The molecule has 0 spiro atoms. The first-order valence-electron chi connectivity index (χ1n) is 6.04. The van der Waals surface area contributed by atoms with Crippen molar-refractivity contribution in [2.75, 3.05) is 13.7 Å². The van der Waals surface area contributed by atoms with Crippen LogP contribution >= 0.6 is 28.3 Å². The Morgan fingerprint density at radius 3 is 2.95 bits per heavy atom. The molecule has 1 aromatic carbocycles. The first kappa shape index (κ1) is 16.3. The Hall–Kier alpha value is -0.780. The van der Waals surface area contributed by atoms with Gasteiger partial charge in [-0.2, -0.15) is 0 Å². The molecule has 0 aromatic heterocycles. The number of benzene rings is 1. The Morgan fingerprint density at radius 2 is 2.37 bits per heavy atom. The molecule has 1 unspecified atom stereocenters. The summed E-state index contributed by atoms with van der Waals surface area (Å²) < 4.78 is 6.06. The summed E-state index contributed by atoms with van der Waals surface area (Å²) in [6, 6.07) is 5.78. The van der Waals surface area contributed by atoms with Gasteiger partial charge in [0.1, 0.15) is 5.75 Å². The van der Waals surface area contributed by atoms with E-state index in [1.807, 2.05) is 18.2 Å². The second-order valence-electron chi connectivity index (χ2n) is 4.34. The molecule has 1 heterocycles. The van der Waals surface area contributed by atoms with Gasteiger partial charge in [-0.25, -0.2) is 0 Å². The summed E-state index contributed by atoms with van der Waals surface area (Å²) in [5.41, 5.74) is 1.05. The number of amides is 1. The molecule has 0 aliphatic carbocycles. The first-order valence-corrected chi connectivity index (χ1v) is 6.83. The highest BCUT2D eigenvalue weighted by Crippen LogP contribution is 2.25. The summed E-state index contributed by atoms with van der Waals surface area (Å²) in [5, 5.41) is 6.12. The third-order valence-electron chi connectivity index (χ3n) is 3.06. The van der Waals surface area contributed by atoms with Gasteiger partial charge >= 0.3 is 0 Å². The maximum Gasteiger partial charge on any atom is 0.237 e. The largest absolute Gasteiger partial charge is 0.496 e. The number of ether oxygens (including phenoxy) is 1. The number of halogens is 2. The minimum absolute atomic E-state index is 0. The van der Waals surface area contributed by atoms with Gasteiger partial charge in [-0.15, -0.1) is 12.4 Å². The van der Waals surface area contributed by atoms with Crippen LogP contribution in [0.15, 0.2) is 22.7 Å². The normalized spacial score (nSPS) is 17.7. The average molecular weight is 350 g/mol. The topological polar surface area (TPSA) is 50.4 Å². The molecule has 2 N–H and O–H groups in total. The minimum Gasteiger partial charge on any atom is -0.496 e. The lowest BCUT2D eigenvalue weighted by Gasteiger charge is -2.12. The molecule has 1 atom stereocenters. The lowest BCUT2D eigenvalue weighted by Crippen LogP contribution is -2.39. The molecule has 4 nitrogen and oxygen atoms in total. The number of methoxy groups -OCH3 is 1. The highest BCUT2D eigenvalue weighted by Gasteiger charge is 2.21. The van der Waals surface area contributed by atoms with Crippen molar-refractivity contribution in [2.24, 2.45) is 0 Å². The number of hydrogen-bond acceptors (Lipinski definition) is 3. The summed E-state index contributed by atoms with van der Waals surface area (Å²) in [5.74, 6) is 0.877. The molecular formula is C13H18BrClN2O2. The lowest BCUT2D eigenvalue weighted by atomic mass is 10.2. The van der Waals surface area contributed by atoms with Crippen molar-refractivity contribution >= 4 is 34.2 Å². The fourth-order valence-corrected chi connectivity index (χ4v) is 2.63. The third-order valence-corrected chi connectivity index (χ3v) is 3.68. The predicted molar refractivity (Wildman–Crippen MR) is 80.8 cm³/mol. The Bertz CT molecular complexity index is 437. The summed E-state index contributed by atoms with van der Waals surface area (Å²) in [4.78, 5) is 11.8. The van der Waals surface area contributed by atoms with Crippen LogP contribution in [-0.4, -0.2) is 25.6 Å². The molecule has 1 saturated heterocycles. The maximum atomic E-state index is 11.8. The van der Waals surface area contributed by atoms with Crippen molar-refractivity contribution < 1.29 is 9.53 Å². The smallest absolute Gasteiger partial charge is 0.237 e. The molecule has 0 radical (unpaired) electrons. The van der Waals surface area contributed by atoms with E-state index in [-0.39, 0.29) is 24.4 Å². The molecule has 6 heteroatoms. The monoisotopic (exact) mass is 348 g/mol. The zero-order valence-electron chi connectivity index (χ0n) is 10.7. The van der Waals surface area contributed by atoms with E-state index in [0.717, 1.165) is 35.2 Å². The van der Waals surface area contributed by atoms with Crippen LogP contribution in [0, 0.1) is 0 Å². The lowest BCUT2D eigenvalue weighted by molar-refractivity contribution is -0.122. The third kappa shape index (κ3) is 4.37. The molecule has 1 aromatic rings. The van der Waals surface area contributed by atoms with Crippen LogP contribution in [0.2, 0.25) is 0 Å². The van der Waals surface area contributed by atoms with Gasteiger partial charge in [-0.1, -0.05) is 6.07 Å². The van der Waals surface area contributed by atoms with Crippen molar-refractivity contribution in [1.82, 2.24) is 10.6 Å². The molecule has 1 aliphatic rings. The molecule has 2 rings (SSSR count). The Morgan fingerprint density at radius 1 is 1.58 bits per heavy atom. The van der Waals surface area contributed by atoms with Gasteiger partial charge in [0, 0.05) is 6.54 Å².